The Bertz CT molecular complexity index is 3540. The molecule has 0 radical (unpaired) electrons. The van der Waals surface area contributed by atoms with Crippen LogP contribution in [0.2, 0.25) is 0 Å². The second-order valence-corrected chi connectivity index (χ2v) is 22.8. The van der Waals surface area contributed by atoms with E-state index in [-0.39, 0.29) is 59.3 Å². The maximum absolute atomic E-state index is 14.6. The number of pyridine rings is 2. The second-order valence-electron chi connectivity index (χ2n) is 22.8. The third-order valence-corrected chi connectivity index (χ3v) is 19.4. The molecule has 0 saturated carbocycles. The van der Waals surface area contributed by atoms with Gasteiger partial charge in [0.1, 0.15) is 24.4 Å². The van der Waals surface area contributed by atoms with Gasteiger partial charge in [-0.3, -0.25) is 9.59 Å². The summed E-state index contributed by atoms with van der Waals surface area (Å²) < 4.78 is 15.3. The van der Waals surface area contributed by atoms with Crippen molar-refractivity contribution in [2.45, 2.75) is 113 Å². The van der Waals surface area contributed by atoms with Crippen molar-refractivity contribution in [1.82, 2.24) is 24.5 Å². The lowest BCUT2D eigenvalue weighted by molar-refractivity contribution is -0.0454. The average Bonchev–Trinajstić information content (AvgIpc) is 4.09. The number of H-pyrrole nitrogens is 1. The van der Waals surface area contributed by atoms with Gasteiger partial charge in [0.05, 0.1) is 0 Å². The van der Waals surface area contributed by atoms with Gasteiger partial charge >= 0.3 is 0 Å². The van der Waals surface area contributed by atoms with Gasteiger partial charge in [-0.25, -0.2) is 0 Å². The molecule has 7 heterocycles. The Hall–Kier alpha value is -6.64. The van der Waals surface area contributed by atoms with E-state index in [1.807, 2.05) is 57.2 Å². The molecule has 2 saturated heterocycles. The van der Waals surface area contributed by atoms with E-state index in [0.717, 1.165) is 111 Å². The summed E-state index contributed by atoms with van der Waals surface area (Å²) in [5.41, 5.74) is 13.2. The van der Waals surface area contributed by atoms with Gasteiger partial charge in [-0.1, -0.05) is 55.5 Å². The van der Waals surface area contributed by atoms with E-state index in [9.17, 15) is 30.0 Å². The standard InChI is InChI=1S/C60H61N5O8/c1-28-19-29(2)62-58(71)41(28)26-61-57(70)37-21-35-20-34(32-7-9-33(10-8-32)38-25-49(69)54-51-40(38)23-45-43-12-14-47(67)56(73-54)60(43,51)16-18-64(45)6)27-65(35)52(31(37)4)30(3)36-24-48(68)53-50-39(36)22-44-42-11-13-46(66)55(72-53)59(42,50)15-17-63(44)5/h7-14,19-21,24-25,27,30,42-47,55-56,66-69H,15-18,22-23,26H2,1-6H3,(H,61,70)(H,62,71)/t30?,42-,43-,44+,45+,46-,47-,55-,56-,59-,60-/m0/s1. The zero-order chi connectivity index (χ0) is 50.3. The molecule has 1 amide bonds. The van der Waals surface area contributed by atoms with Crippen molar-refractivity contribution in [2.75, 3.05) is 27.2 Å². The average molecular weight is 980 g/mol. The normalized spacial score (nSPS) is 30.2. The molecule has 3 aromatic carbocycles. The summed E-state index contributed by atoms with van der Waals surface area (Å²) in [6.07, 6.45) is 10.9. The number of phenolic OH excluding ortho intramolecular Hbond substituents is 2. The number of nitrogens with zero attached hydrogens (tertiary/aromatic N) is 3. The molecule has 14 rings (SSSR count). The van der Waals surface area contributed by atoms with Crippen molar-refractivity contribution in [1.29, 1.82) is 0 Å². The number of aliphatic hydroxyl groups is 2. The highest BCUT2D eigenvalue weighted by Crippen LogP contribution is 2.65. The number of amides is 1. The third-order valence-electron chi connectivity index (χ3n) is 19.4. The maximum atomic E-state index is 14.6. The number of hydrogen-bond donors (Lipinski definition) is 6. The van der Waals surface area contributed by atoms with Crippen molar-refractivity contribution in [3.05, 3.63) is 157 Å². The van der Waals surface area contributed by atoms with Crippen LogP contribution in [0.15, 0.2) is 89.9 Å². The zero-order valence-electron chi connectivity index (χ0n) is 42.0. The van der Waals surface area contributed by atoms with Crippen molar-refractivity contribution in [2.24, 2.45) is 11.8 Å². The van der Waals surface area contributed by atoms with Gasteiger partial charge in [-0.15, -0.1) is 0 Å². The number of aromatic hydroxyl groups is 2. The number of benzene rings is 3. The number of ether oxygens (including phenoxy) is 2. The smallest absolute Gasteiger partial charge is 0.253 e. The number of likely N-dealkylation sites (tertiary alicyclic amines) is 2. The van der Waals surface area contributed by atoms with Gasteiger partial charge in [-0.2, -0.15) is 0 Å². The summed E-state index contributed by atoms with van der Waals surface area (Å²) >= 11 is 0. The first kappa shape index (κ1) is 45.0. The molecular formula is C60H61N5O8. The Kier molecular flexibility index (Phi) is 9.53. The van der Waals surface area contributed by atoms with E-state index < -0.39 is 35.2 Å². The number of carbonyl (C=O) groups excluding carboxylic acids is 1. The molecule has 73 heavy (non-hydrogen) atoms. The van der Waals surface area contributed by atoms with E-state index in [2.05, 4.69) is 94.2 Å². The molecule has 13 heteroatoms. The molecule has 3 aromatic heterocycles. The van der Waals surface area contributed by atoms with Crippen LogP contribution in [0.3, 0.4) is 0 Å². The van der Waals surface area contributed by atoms with Crippen LogP contribution in [0.4, 0.5) is 0 Å². The number of piperidine rings is 2. The van der Waals surface area contributed by atoms with Crippen molar-refractivity contribution in [3.63, 3.8) is 0 Å². The first-order chi connectivity index (χ1) is 35.1. The summed E-state index contributed by atoms with van der Waals surface area (Å²) in [5.74, 6) is 0.838. The number of aromatic amines is 1. The highest BCUT2D eigenvalue weighted by atomic mass is 16.5. The predicted octanol–water partition coefficient (Wildman–Crippen LogP) is 6.99. The largest absolute Gasteiger partial charge is 0.504 e. The van der Waals surface area contributed by atoms with Crippen molar-refractivity contribution in [3.8, 4) is 45.3 Å². The number of carbonyl (C=O) groups is 1. The first-order valence-corrected chi connectivity index (χ1v) is 26.1. The number of phenols is 2. The van der Waals surface area contributed by atoms with Gasteiger partial charge in [0.25, 0.3) is 11.5 Å². The van der Waals surface area contributed by atoms with Crippen LogP contribution in [0, 0.1) is 32.6 Å². The van der Waals surface area contributed by atoms with Gasteiger partial charge < -0.3 is 54.4 Å². The zero-order valence-corrected chi connectivity index (χ0v) is 42.0. The van der Waals surface area contributed by atoms with E-state index in [1.54, 1.807) is 0 Å². The summed E-state index contributed by atoms with van der Waals surface area (Å²) in [4.78, 5) is 35.4. The molecule has 8 aliphatic rings. The van der Waals surface area contributed by atoms with E-state index >= 15 is 0 Å². The number of nitrogens with one attached hydrogen (secondary N) is 2. The highest BCUT2D eigenvalue weighted by Gasteiger charge is 2.66. The SMILES string of the molecule is Cc1cc(C)c(CNC(=O)c2cc3cc(-c4ccc(-c5cc(O)c6c7c5C[C@@H]5[C@@H]8C=C[C@H](O)[C@H](O6)[C@]78CCN5C)cc4)cn3c(C(C)c3cc(O)c4c5c3C[C@@H]3[C@@H]6C=C[C@H](O)[C@H](O4)[C@]56CCN3C)c2C)c(=O)[nH]1. The summed E-state index contributed by atoms with van der Waals surface area (Å²) in [6.45, 7) is 9.67. The fourth-order valence-electron chi connectivity index (χ4n) is 16.0. The third kappa shape index (κ3) is 5.93. The molecule has 6 N–H and O–H groups in total. The minimum atomic E-state index is -0.799. The molecule has 4 bridgehead atoms. The number of aliphatic hydroxyl groups excluding tert-OH is 2. The predicted molar refractivity (Wildman–Crippen MR) is 277 cm³/mol. The minimum absolute atomic E-state index is 0.0588. The summed E-state index contributed by atoms with van der Waals surface area (Å²) in [5, 5.41) is 49.4. The Labute approximate surface area is 423 Å². The fraction of sp³-hybridized carbons (Fsp3) is 0.400. The molecule has 4 aliphatic heterocycles. The number of aryl methyl sites for hydroxylation is 2. The number of aromatic nitrogens is 2. The van der Waals surface area contributed by atoms with Crippen LogP contribution in [0.5, 0.6) is 23.0 Å². The highest BCUT2D eigenvalue weighted by molar-refractivity contribution is 5.97. The quantitative estimate of drug-likeness (QED) is 0.0917. The minimum Gasteiger partial charge on any atom is -0.504 e. The van der Waals surface area contributed by atoms with Crippen LogP contribution >= 0.6 is 0 Å². The topological polar surface area (TPSA) is 172 Å². The van der Waals surface area contributed by atoms with Gasteiger partial charge in [0.15, 0.2) is 23.0 Å². The lowest BCUT2D eigenvalue weighted by atomic mass is 9.52. The second kappa shape index (κ2) is 15.5. The summed E-state index contributed by atoms with van der Waals surface area (Å²) in [6, 6.07) is 18.5. The van der Waals surface area contributed by atoms with E-state index in [4.69, 9.17) is 9.47 Å². The Morgan fingerprint density at radius 2 is 1.37 bits per heavy atom. The van der Waals surface area contributed by atoms with E-state index in [1.165, 1.54) is 5.56 Å². The monoisotopic (exact) mass is 979 g/mol. The van der Waals surface area contributed by atoms with Crippen molar-refractivity contribution >= 4 is 11.4 Å². The maximum Gasteiger partial charge on any atom is 0.253 e. The van der Waals surface area contributed by atoms with Crippen molar-refractivity contribution < 1.29 is 34.7 Å². The molecule has 4 aliphatic carbocycles. The van der Waals surface area contributed by atoms with Gasteiger partial charge in [0, 0.05) is 98.1 Å². The van der Waals surface area contributed by atoms with Crippen LogP contribution in [0.25, 0.3) is 27.8 Å². The Balaban J connectivity index is 0.885. The lowest BCUT2D eigenvalue weighted by Crippen LogP contribution is -2.64. The number of likely N-dealkylation sites (N-methyl/N-ethyl adjacent to an activating group) is 2. The lowest BCUT2D eigenvalue weighted by Gasteiger charge is -2.56. The number of fused-ring (bicyclic) bond motifs is 1. The molecule has 374 valence electrons. The van der Waals surface area contributed by atoms with Crippen LogP contribution in [0.1, 0.15) is 91.9 Å². The number of hydrogen-bond acceptors (Lipinski definition) is 10. The molecule has 6 aromatic rings. The molecule has 2 spiro atoms. The Morgan fingerprint density at radius 3 is 2.00 bits per heavy atom. The van der Waals surface area contributed by atoms with Crippen LogP contribution in [-0.4, -0.2) is 109 Å². The van der Waals surface area contributed by atoms with Crippen LogP contribution in [-0.2, 0) is 30.2 Å². The summed E-state index contributed by atoms with van der Waals surface area (Å²) in [7, 11) is 4.37. The Morgan fingerprint density at radius 1 is 0.781 bits per heavy atom. The van der Waals surface area contributed by atoms with E-state index in [0.29, 0.717) is 22.6 Å². The number of rotatable bonds is 7. The molecule has 1 unspecified atom stereocenters. The van der Waals surface area contributed by atoms with Gasteiger partial charge in [-0.05, 0) is 148 Å². The molecular weight excluding hydrogens is 919 g/mol. The van der Waals surface area contributed by atoms with Gasteiger partial charge in [0.2, 0.25) is 0 Å². The molecule has 11 atom stereocenters. The fourth-order valence-corrected chi connectivity index (χ4v) is 16.0. The van der Waals surface area contributed by atoms with Crippen LogP contribution < -0.4 is 20.3 Å². The molecule has 2 fully saturated rings. The molecule has 13 nitrogen and oxygen atoms in total. The first-order valence-electron chi connectivity index (χ1n) is 26.1.